The van der Waals surface area contributed by atoms with Crippen molar-refractivity contribution in [1.29, 1.82) is 0 Å². The number of hydrogen-bond acceptors (Lipinski definition) is 4. The number of benzene rings is 1. The first kappa shape index (κ1) is 18.2. The summed E-state index contributed by atoms with van der Waals surface area (Å²) < 4.78 is 0. The lowest BCUT2D eigenvalue weighted by molar-refractivity contribution is -0.145. The highest BCUT2D eigenvalue weighted by Crippen LogP contribution is 2.53. The summed E-state index contributed by atoms with van der Waals surface area (Å²) in [7, 11) is 0. The second-order valence-electron chi connectivity index (χ2n) is 8.50. The zero-order valence-electron chi connectivity index (χ0n) is 16.3. The lowest BCUT2D eigenvalue weighted by Crippen LogP contribution is -2.54. The van der Waals surface area contributed by atoms with Gasteiger partial charge in [-0.2, -0.15) is 0 Å². The molecular formula is C21H27N3O3. The fraction of sp³-hybridized carbons (Fsp3) is 0.571. The molecular weight excluding hydrogens is 342 g/mol. The van der Waals surface area contributed by atoms with Gasteiger partial charge >= 0.3 is 0 Å². The quantitative estimate of drug-likeness (QED) is 0.798. The van der Waals surface area contributed by atoms with E-state index in [2.05, 4.69) is 24.5 Å². The monoisotopic (exact) mass is 369 g/mol. The first-order chi connectivity index (χ1) is 12.8. The topological polar surface area (TPSA) is 78.5 Å². The van der Waals surface area contributed by atoms with E-state index in [0.29, 0.717) is 12.3 Å². The number of carbonyl (C=O) groups is 3. The Balaban J connectivity index is 1.87. The lowest BCUT2D eigenvalue weighted by atomic mass is 9.76. The van der Waals surface area contributed by atoms with E-state index in [0.717, 1.165) is 17.7 Å². The maximum absolute atomic E-state index is 13.4. The van der Waals surface area contributed by atoms with Crippen LogP contribution in [-0.4, -0.2) is 34.7 Å². The second-order valence-corrected chi connectivity index (χ2v) is 8.50. The molecule has 4 rings (SSSR count). The van der Waals surface area contributed by atoms with E-state index >= 15 is 0 Å². The third kappa shape index (κ3) is 2.32. The SMILES string of the molecule is CC[C@H](C)N1C(=O)[C@@H]2[C@H](CC(C)C)N[C@@]3(C(=O)Nc4ccccc43)[C@@H]2C1=O. The van der Waals surface area contributed by atoms with Gasteiger partial charge in [-0.05, 0) is 31.7 Å². The average Bonchev–Trinajstić information content (AvgIpc) is 3.19. The van der Waals surface area contributed by atoms with Gasteiger partial charge < -0.3 is 5.32 Å². The Bertz CT molecular complexity index is 821. The summed E-state index contributed by atoms with van der Waals surface area (Å²) >= 11 is 0. The molecule has 6 nitrogen and oxygen atoms in total. The third-order valence-corrected chi connectivity index (χ3v) is 6.41. The van der Waals surface area contributed by atoms with Crippen molar-refractivity contribution in [2.45, 2.75) is 58.2 Å². The first-order valence-corrected chi connectivity index (χ1v) is 9.88. The molecule has 0 aromatic heterocycles. The normalized spacial score (nSPS) is 33.0. The molecule has 1 aromatic carbocycles. The standard InChI is InChI=1S/C21H27N3O3/c1-5-12(4)24-18(25)16-15(10-11(2)3)23-21(17(16)19(24)26)13-8-6-7-9-14(13)22-20(21)27/h6-9,11-12,15-17,23H,5,10H2,1-4H3,(H,22,27)/t12-,15-,16+,17-,21+/m0/s1. The van der Waals surface area contributed by atoms with Gasteiger partial charge in [-0.15, -0.1) is 0 Å². The van der Waals surface area contributed by atoms with Gasteiger partial charge in [0.2, 0.25) is 17.7 Å². The maximum Gasteiger partial charge on any atom is 0.250 e. The van der Waals surface area contributed by atoms with Crippen molar-refractivity contribution in [3.8, 4) is 0 Å². The number of nitrogens with zero attached hydrogens (tertiary/aromatic N) is 1. The van der Waals surface area contributed by atoms with Crippen LogP contribution in [0.25, 0.3) is 0 Å². The molecule has 3 heterocycles. The molecule has 6 heteroatoms. The van der Waals surface area contributed by atoms with Gasteiger partial charge in [0.15, 0.2) is 0 Å². The number of likely N-dealkylation sites (tertiary alicyclic amines) is 1. The fourth-order valence-electron chi connectivity index (χ4n) is 5.11. The molecule has 2 fully saturated rings. The van der Waals surface area contributed by atoms with E-state index in [1.54, 1.807) is 0 Å². The smallest absolute Gasteiger partial charge is 0.250 e. The molecule has 3 aliphatic heterocycles. The average molecular weight is 369 g/mol. The molecule has 3 amide bonds. The van der Waals surface area contributed by atoms with Crippen LogP contribution in [0.2, 0.25) is 0 Å². The predicted molar refractivity (Wildman–Crippen MR) is 102 cm³/mol. The molecule has 0 unspecified atom stereocenters. The van der Waals surface area contributed by atoms with Crippen molar-refractivity contribution in [1.82, 2.24) is 10.2 Å². The van der Waals surface area contributed by atoms with Gasteiger partial charge in [-0.1, -0.05) is 39.0 Å². The van der Waals surface area contributed by atoms with Crippen LogP contribution in [0.3, 0.4) is 0 Å². The highest BCUT2D eigenvalue weighted by atomic mass is 16.2. The molecule has 1 spiro atoms. The van der Waals surface area contributed by atoms with Crippen LogP contribution in [0.5, 0.6) is 0 Å². The summed E-state index contributed by atoms with van der Waals surface area (Å²) in [5.74, 6) is -1.41. The van der Waals surface area contributed by atoms with E-state index in [9.17, 15) is 14.4 Å². The molecule has 0 bridgehead atoms. The second kappa shape index (κ2) is 6.16. The molecule has 0 saturated carbocycles. The molecule has 2 saturated heterocycles. The van der Waals surface area contributed by atoms with Gasteiger partial charge in [0, 0.05) is 23.3 Å². The third-order valence-electron chi connectivity index (χ3n) is 6.41. The Morgan fingerprint density at radius 3 is 2.48 bits per heavy atom. The zero-order valence-corrected chi connectivity index (χ0v) is 16.3. The van der Waals surface area contributed by atoms with Crippen LogP contribution in [0, 0.1) is 17.8 Å². The van der Waals surface area contributed by atoms with E-state index in [1.807, 2.05) is 38.1 Å². The van der Waals surface area contributed by atoms with Gasteiger partial charge in [-0.25, -0.2) is 0 Å². The van der Waals surface area contributed by atoms with Crippen LogP contribution >= 0.6 is 0 Å². The molecule has 0 radical (unpaired) electrons. The Kier molecular flexibility index (Phi) is 4.14. The van der Waals surface area contributed by atoms with Crippen molar-refractivity contribution in [2.24, 2.45) is 17.8 Å². The van der Waals surface area contributed by atoms with Crippen molar-refractivity contribution >= 4 is 23.4 Å². The lowest BCUT2D eigenvalue weighted by Gasteiger charge is -2.31. The zero-order chi connectivity index (χ0) is 19.5. The highest BCUT2D eigenvalue weighted by molar-refractivity contribution is 6.15. The predicted octanol–water partition coefficient (Wildman–Crippen LogP) is 2.25. The number of rotatable bonds is 4. The Hall–Kier alpha value is -2.21. The van der Waals surface area contributed by atoms with Crippen molar-refractivity contribution in [3.63, 3.8) is 0 Å². The summed E-state index contributed by atoms with van der Waals surface area (Å²) in [6, 6.07) is 7.12. The molecule has 0 aliphatic carbocycles. The summed E-state index contributed by atoms with van der Waals surface area (Å²) in [6.07, 6.45) is 1.45. The van der Waals surface area contributed by atoms with Crippen LogP contribution in [0.1, 0.15) is 46.1 Å². The minimum Gasteiger partial charge on any atom is -0.324 e. The molecule has 1 aromatic rings. The number of fused-ring (bicyclic) bond motifs is 4. The number of para-hydroxylation sites is 1. The van der Waals surface area contributed by atoms with E-state index in [1.165, 1.54) is 4.90 Å². The Morgan fingerprint density at radius 1 is 1.11 bits per heavy atom. The largest absolute Gasteiger partial charge is 0.324 e. The van der Waals surface area contributed by atoms with Crippen LogP contribution in [0.15, 0.2) is 24.3 Å². The first-order valence-electron chi connectivity index (χ1n) is 9.88. The molecule has 2 N–H and O–H groups in total. The van der Waals surface area contributed by atoms with E-state index < -0.39 is 17.4 Å². The molecule has 27 heavy (non-hydrogen) atoms. The van der Waals surface area contributed by atoms with Crippen LogP contribution in [-0.2, 0) is 19.9 Å². The number of carbonyl (C=O) groups excluding carboxylic acids is 3. The fourth-order valence-corrected chi connectivity index (χ4v) is 5.11. The number of anilines is 1. The van der Waals surface area contributed by atoms with Crippen molar-refractivity contribution in [3.05, 3.63) is 29.8 Å². The summed E-state index contributed by atoms with van der Waals surface area (Å²) in [6.45, 7) is 8.06. The molecule has 144 valence electrons. The molecule has 3 aliphatic rings. The van der Waals surface area contributed by atoms with E-state index in [-0.39, 0.29) is 29.8 Å². The Labute approximate surface area is 159 Å². The maximum atomic E-state index is 13.4. The highest BCUT2D eigenvalue weighted by Gasteiger charge is 2.70. The number of nitrogens with one attached hydrogen (secondary N) is 2. The number of hydrogen-bond donors (Lipinski definition) is 2. The Morgan fingerprint density at radius 2 is 1.81 bits per heavy atom. The van der Waals surface area contributed by atoms with Gasteiger partial charge in [0.05, 0.1) is 11.8 Å². The van der Waals surface area contributed by atoms with Crippen molar-refractivity contribution in [2.75, 3.05) is 5.32 Å². The summed E-state index contributed by atoms with van der Waals surface area (Å²) in [5, 5.41) is 6.39. The van der Waals surface area contributed by atoms with Gasteiger partial charge in [0.1, 0.15) is 5.54 Å². The summed E-state index contributed by atoms with van der Waals surface area (Å²) in [4.78, 5) is 41.3. The van der Waals surface area contributed by atoms with Crippen LogP contribution in [0.4, 0.5) is 5.69 Å². The van der Waals surface area contributed by atoms with Crippen molar-refractivity contribution < 1.29 is 14.4 Å². The number of imide groups is 1. The molecule has 5 atom stereocenters. The minimum absolute atomic E-state index is 0.133. The minimum atomic E-state index is -1.16. The van der Waals surface area contributed by atoms with E-state index in [4.69, 9.17) is 0 Å². The van der Waals surface area contributed by atoms with Crippen LogP contribution < -0.4 is 10.6 Å². The number of amides is 3. The van der Waals surface area contributed by atoms with Gasteiger partial charge in [-0.3, -0.25) is 24.6 Å². The van der Waals surface area contributed by atoms with Gasteiger partial charge in [0.25, 0.3) is 0 Å². The summed E-state index contributed by atoms with van der Waals surface area (Å²) in [5.41, 5.74) is 0.347.